The van der Waals surface area contributed by atoms with Crippen LogP contribution in [0.3, 0.4) is 0 Å². The van der Waals surface area contributed by atoms with Gasteiger partial charge in [-0.2, -0.15) is 0 Å². The molecule has 0 radical (unpaired) electrons. The molecule has 0 aromatic carbocycles. The Balaban J connectivity index is 0.00000112. The largest absolute Gasteiger partial charge is 0.342 e. The van der Waals surface area contributed by atoms with E-state index in [2.05, 4.69) is 25.7 Å². The smallest absolute Gasteiger partial charge is 0.226 e. The molecule has 4 aliphatic carbocycles. The average molecular weight is 430 g/mol. The summed E-state index contributed by atoms with van der Waals surface area (Å²) in [4.78, 5) is 15.8. The molecule has 5 aliphatic rings. The number of fused-ring (bicyclic) bond motifs is 5. The van der Waals surface area contributed by atoms with Crippen molar-refractivity contribution < 1.29 is 4.79 Å². The van der Waals surface area contributed by atoms with Crippen molar-refractivity contribution in [2.45, 2.75) is 118 Å². The molecule has 178 valence electrons. The van der Waals surface area contributed by atoms with Gasteiger partial charge in [0.2, 0.25) is 5.91 Å². The van der Waals surface area contributed by atoms with Crippen molar-refractivity contribution >= 4 is 5.91 Å². The Labute approximate surface area is 193 Å². The topological polar surface area (TPSA) is 20.3 Å². The van der Waals surface area contributed by atoms with E-state index in [1.54, 1.807) is 0 Å². The highest BCUT2D eigenvalue weighted by atomic mass is 16.2. The van der Waals surface area contributed by atoms with Crippen LogP contribution in [0.4, 0.5) is 0 Å². The van der Waals surface area contributed by atoms with Crippen LogP contribution in [0.15, 0.2) is 0 Å². The number of hydrogen-bond acceptors (Lipinski definition) is 1. The lowest BCUT2D eigenvalue weighted by molar-refractivity contribution is -0.150. The van der Waals surface area contributed by atoms with Crippen molar-refractivity contribution in [1.82, 2.24) is 4.90 Å². The van der Waals surface area contributed by atoms with E-state index in [1.165, 1.54) is 83.5 Å². The average Bonchev–Trinajstić information content (AvgIpc) is 3.17. The number of carbonyl (C=O) groups excluding carboxylic acids is 1. The first-order valence-electron chi connectivity index (χ1n) is 14.3. The molecule has 8 atom stereocenters. The minimum atomic E-state index is 0.291. The summed E-state index contributed by atoms with van der Waals surface area (Å²) >= 11 is 0. The second-order valence-corrected chi connectivity index (χ2v) is 12.2. The van der Waals surface area contributed by atoms with Crippen LogP contribution < -0.4 is 0 Å². The van der Waals surface area contributed by atoms with E-state index in [9.17, 15) is 4.79 Å². The van der Waals surface area contributed by atoms with E-state index in [0.717, 1.165) is 42.7 Å². The number of hydrogen-bond donors (Lipinski definition) is 0. The first-order valence-corrected chi connectivity index (χ1v) is 14.3. The molecule has 5 rings (SSSR count). The zero-order valence-electron chi connectivity index (χ0n) is 21.4. The predicted octanol–water partition coefficient (Wildman–Crippen LogP) is 7.71. The quantitative estimate of drug-likeness (QED) is 0.440. The Bertz CT molecular complexity index is 624. The summed E-state index contributed by atoms with van der Waals surface area (Å²) in [5.74, 6) is 5.51. The monoisotopic (exact) mass is 429 g/mol. The van der Waals surface area contributed by atoms with Crippen molar-refractivity contribution in [2.24, 2.45) is 46.3 Å². The third-order valence-corrected chi connectivity index (χ3v) is 11.3. The summed E-state index contributed by atoms with van der Waals surface area (Å²) in [5, 5.41) is 0. The zero-order chi connectivity index (χ0) is 22.2. The Morgan fingerprint density at radius 2 is 1.65 bits per heavy atom. The number of amides is 1. The van der Waals surface area contributed by atoms with Crippen LogP contribution in [0.5, 0.6) is 0 Å². The fraction of sp³-hybridized carbons (Fsp3) is 0.966. The van der Waals surface area contributed by atoms with Crippen LogP contribution in [-0.4, -0.2) is 23.9 Å². The second-order valence-electron chi connectivity index (χ2n) is 12.2. The van der Waals surface area contributed by atoms with E-state index in [1.807, 2.05) is 13.8 Å². The summed E-state index contributed by atoms with van der Waals surface area (Å²) in [7, 11) is 0. The molecule has 1 aliphatic heterocycles. The van der Waals surface area contributed by atoms with Crippen molar-refractivity contribution in [3.63, 3.8) is 0 Å². The first kappa shape index (κ1) is 23.6. The Morgan fingerprint density at radius 3 is 2.35 bits per heavy atom. The summed E-state index contributed by atoms with van der Waals surface area (Å²) < 4.78 is 0. The number of carbonyl (C=O) groups is 1. The highest BCUT2D eigenvalue weighted by Gasteiger charge is 2.62. The van der Waals surface area contributed by atoms with Gasteiger partial charge in [-0.25, -0.2) is 0 Å². The third kappa shape index (κ3) is 3.80. The van der Waals surface area contributed by atoms with Crippen LogP contribution in [0, 0.1) is 46.3 Å². The van der Waals surface area contributed by atoms with Crippen molar-refractivity contribution in [1.29, 1.82) is 0 Å². The predicted molar refractivity (Wildman–Crippen MR) is 131 cm³/mol. The second kappa shape index (κ2) is 9.38. The third-order valence-electron chi connectivity index (χ3n) is 11.3. The van der Waals surface area contributed by atoms with Gasteiger partial charge >= 0.3 is 0 Å². The maximum Gasteiger partial charge on any atom is 0.226 e. The summed E-state index contributed by atoms with van der Waals surface area (Å²) in [6, 6.07) is 0. The lowest BCUT2D eigenvalue weighted by Gasteiger charge is -2.62. The van der Waals surface area contributed by atoms with Crippen molar-refractivity contribution in [2.75, 3.05) is 13.1 Å². The number of nitrogens with zero attached hydrogens (tertiary/aromatic N) is 1. The van der Waals surface area contributed by atoms with Crippen molar-refractivity contribution in [3.05, 3.63) is 0 Å². The lowest BCUT2D eigenvalue weighted by Crippen LogP contribution is -2.55. The highest BCUT2D eigenvalue weighted by Crippen LogP contribution is 2.68. The van der Waals surface area contributed by atoms with E-state index < -0.39 is 0 Å². The fourth-order valence-corrected chi connectivity index (χ4v) is 9.72. The Morgan fingerprint density at radius 1 is 0.903 bits per heavy atom. The molecule has 5 fully saturated rings. The van der Waals surface area contributed by atoms with Gasteiger partial charge in [0.05, 0.1) is 0 Å². The lowest BCUT2D eigenvalue weighted by atomic mass is 9.43. The maximum absolute atomic E-state index is 13.5. The molecule has 8 unspecified atom stereocenters. The van der Waals surface area contributed by atoms with Crippen LogP contribution in [0.25, 0.3) is 0 Å². The molecule has 1 heterocycles. The molecule has 1 amide bonds. The molecule has 2 heteroatoms. The number of likely N-dealkylation sites (tertiary alicyclic amines) is 1. The molecule has 0 aromatic heterocycles. The van der Waals surface area contributed by atoms with Crippen LogP contribution in [0.2, 0.25) is 0 Å². The fourth-order valence-electron chi connectivity index (χ4n) is 9.72. The number of piperidine rings is 1. The molecule has 0 aromatic rings. The van der Waals surface area contributed by atoms with Gasteiger partial charge in [-0.1, -0.05) is 41.0 Å². The van der Waals surface area contributed by atoms with E-state index in [4.69, 9.17) is 0 Å². The van der Waals surface area contributed by atoms with Gasteiger partial charge in [0.1, 0.15) is 0 Å². The van der Waals surface area contributed by atoms with Gasteiger partial charge in [-0.15, -0.1) is 0 Å². The van der Waals surface area contributed by atoms with Gasteiger partial charge < -0.3 is 4.90 Å². The molecule has 0 N–H and O–H groups in total. The van der Waals surface area contributed by atoms with Crippen LogP contribution >= 0.6 is 0 Å². The summed E-state index contributed by atoms with van der Waals surface area (Å²) in [6.07, 6.45) is 17.8. The Hall–Kier alpha value is -0.530. The van der Waals surface area contributed by atoms with Gasteiger partial charge in [0.15, 0.2) is 0 Å². The summed E-state index contributed by atoms with van der Waals surface area (Å²) in [6.45, 7) is 13.6. The normalized spacial score (nSPS) is 46.8. The highest BCUT2D eigenvalue weighted by molar-refractivity contribution is 5.80. The maximum atomic E-state index is 13.5. The Kier molecular flexibility index (Phi) is 7.15. The van der Waals surface area contributed by atoms with Gasteiger partial charge in [0.25, 0.3) is 0 Å². The minimum Gasteiger partial charge on any atom is -0.342 e. The standard InChI is InChI=1S/C27H45NO.C2H6/c1-4-27-15-12-19(2)18-20(27)8-9-21-22-10-11-24(26(22,3)14-13-23(21)27)25(29)28-16-6-5-7-17-28;1-2/h19-24H,4-18H2,1-3H3;1-2H3. The molecular weight excluding hydrogens is 378 g/mol. The van der Waals surface area contributed by atoms with Crippen molar-refractivity contribution in [3.8, 4) is 0 Å². The molecule has 4 saturated carbocycles. The van der Waals surface area contributed by atoms with Gasteiger partial charge in [0, 0.05) is 19.0 Å². The molecule has 0 spiro atoms. The first-order chi connectivity index (χ1) is 15.0. The van der Waals surface area contributed by atoms with Gasteiger partial charge in [-0.3, -0.25) is 4.79 Å². The van der Waals surface area contributed by atoms with E-state index in [0.29, 0.717) is 22.7 Å². The minimum absolute atomic E-state index is 0.291. The molecular formula is C29H51NO. The number of rotatable bonds is 2. The van der Waals surface area contributed by atoms with Crippen LogP contribution in [0.1, 0.15) is 118 Å². The zero-order valence-corrected chi connectivity index (χ0v) is 21.4. The van der Waals surface area contributed by atoms with Crippen LogP contribution in [-0.2, 0) is 4.79 Å². The molecule has 2 nitrogen and oxygen atoms in total. The van der Waals surface area contributed by atoms with E-state index in [-0.39, 0.29) is 0 Å². The SMILES string of the molecule is CC.CCC12CCC(C)CC1CCC1C3CCC(C(=O)N4CCCCC4)C3(C)CCC12. The molecule has 1 saturated heterocycles. The molecule has 0 bridgehead atoms. The summed E-state index contributed by atoms with van der Waals surface area (Å²) in [5.41, 5.74) is 0.936. The van der Waals surface area contributed by atoms with E-state index >= 15 is 0 Å². The van der Waals surface area contributed by atoms with Gasteiger partial charge in [-0.05, 0) is 117 Å². The molecule has 31 heavy (non-hydrogen) atoms.